The molecule has 0 radical (unpaired) electrons. The lowest BCUT2D eigenvalue weighted by Crippen LogP contribution is -2.37. The fraction of sp³-hybridized carbons (Fsp3) is 0.400. The number of nitrogens with zero attached hydrogens (tertiary/aromatic N) is 1. The monoisotopic (exact) mass is 230 g/mol. The number of hydrogen-bond acceptors (Lipinski definition) is 2. The zero-order chi connectivity index (χ0) is 11.6. The molecule has 1 aromatic rings. The Bertz CT molecular complexity index is 346. The summed E-state index contributed by atoms with van der Waals surface area (Å²) >= 11 is 0. The van der Waals surface area contributed by atoms with E-state index in [0.717, 1.165) is 30.9 Å². The molecule has 1 heterocycles. The highest BCUT2D eigenvalue weighted by Gasteiger charge is 2.25. The minimum absolute atomic E-state index is 0.544. The second-order valence-corrected chi connectivity index (χ2v) is 3.77. The van der Waals surface area contributed by atoms with E-state index in [2.05, 4.69) is 0 Å². The van der Waals surface area contributed by atoms with Crippen LogP contribution in [0.3, 0.4) is 0 Å². The van der Waals surface area contributed by atoms with Crippen molar-refractivity contribution in [3.8, 4) is 0 Å². The number of ether oxygens (including phenoxy) is 1. The van der Waals surface area contributed by atoms with Crippen molar-refractivity contribution in [1.29, 1.82) is 0 Å². The summed E-state index contributed by atoms with van der Waals surface area (Å²) in [5, 5.41) is 0. The van der Waals surface area contributed by atoms with Gasteiger partial charge in [-0.1, -0.05) is 12.1 Å². The van der Waals surface area contributed by atoms with Crippen LogP contribution in [0.4, 0.5) is 18.6 Å². The highest BCUT2D eigenvalue weighted by atomic mass is 19.4. The SMILES string of the molecule is F[B-](F)(F)c1ccc(N2CCOCC2)cc1. The molecule has 0 N–H and O–H groups in total. The standard InChI is InChI=1S/C10H12BF3NO/c12-11(13,14)9-1-3-10(4-2-9)15-5-7-16-8-6-15/h1-4H,5-8H2/q-1. The van der Waals surface area contributed by atoms with Crippen molar-refractivity contribution in [2.24, 2.45) is 0 Å². The van der Waals surface area contributed by atoms with Crippen LogP contribution in [-0.4, -0.2) is 33.3 Å². The van der Waals surface area contributed by atoms with Gasteiger partial charge in [-0.25, -0.2) is 0 Å². The summed E-state index contributed by atoms with van der Waals surface area (Å²) in [6.45, 7) is -2.16. The summed E-state index contributed by atoms with van der Waals surface area (Å²) < 4.78 is 42.4. The van der Waals surface area contributed by atoms with Gasteiger partial charge >= 0.3 is 6.98 Å². The van der Waals surface area contributed by atoms with Gasteiger partial charge < -0.3 is 22.6 Å². The van der Waals surface area contributed by atoms with E-state index in [1.807, 2.05) is 4.90 Å². The van der Waals surface area contributed by atoms with E-state index in [4.69, 9.17) is 4.74 Å². The molecule has 0 saturated carbocycles. The molecule has 1 aromatic carbocycles. The molecular weight excluding hydrogens is 218 g/mol. The van der Waals surface area contributed by atoms with Crippen LogP contribution in [0.15, 0.2) is 24.3 Å². The van der Waals surface area contributed by atoms with E-state index >= 15 is 0 Å². The lowest BCUT2D eigenvalue weighted by atomic mass is 9.80. The van der Waals surface area contributed by atoms with Crippen molar-refractivity contribution in [3.05, 3.63) is 24.3 Å². The molecule has 0 spiro atoms. The predicted octanol–water partition coefficient (Wildman–Crippen LogP) is 1.58. The quantitative estimate of drug-likeness (QED) is 0.715. The molecule has 6 heteroatoms. The molecule has 0 amide bonds. The minimum Gasteiger partial charge on any atom is -0.445 e. The van der Waals surface area contributed by atoms with Crippen molar-refractivity contribution >= 4 is 18.1 Å². The normalized spacial score (nSPS) is 17.6. The zero-order valence-electron chi connectivity index (χ0n) is 8.70. The van der Waals surface area contributed by atoms with Gasteiger partial charge in [0.15, 0.2) is 0 Å². The smallest absolute Gasteiger partial charge is 0.445 e. The van der Waals surface area contributed by atoms with Crippen LogP contribution in [0.25, 0.3) is 0 Å². The minimum atomic E-state index is -4.89. The van der Waals surface area contributed by atoms with Crippen molar-refractivity contribution < 1.29 is 17.7 Å². The predicted molar refractivity (Wildman–Crippen MR) is 58.2 cm³/mol. The first kappa shape index (κ1) is 11.3. The largest absolute Gasteiger partial charge is 0.509 e. The Hall–Kier alpha value is -1.17. The van der Waals surface area contributed by atoms with Crippen molar-refractivity contribution in [2.75, 3.05) is 31.2 Å². The zero-order valence-corrected chi connectivity index (χ0v) is 8.70. The Morgan fingerprint density at radius 1 is 1.00 bits per heavy atom. The summed E-state index contributed by atoms with van der Waals surface area (Å²) in [5.41, 5.74) is 0.282. The van der Waals surface area contributed by atoms with Crippen LogP contribution in [0.2, 0.25) is 0 Å². The van der Waals surface area contributed by atoms with Crippen LogP contribution in [0, 0.1) is 0 Å². The molecule has 2 nitrogen and oxygen atoms in total. The third kappa shape index (κ3) is 2.50. The number of halogens is 3. The molecule has 0 aliphatic carbocycles. The molecule has 0 bridgehead atoms. The lowest BCUT2D eigenvalue weighted by molar-refractivity contribution is 0.122. The van der Waals surface area contributed by atoms with Crippen LogP contribution < -0.4 is 10.4 Å². The summed E-state index contributed by atoms with van der Waals surface area (Å²) in [7, 11) is 0. The maximum atomic E-state index is 12.4. The number of benzene rings is 1. The highest BCUT2D eigenvalue weighted by Crippen LogP contribution is 2.16. The van der Waals surface area contributed by atoms with Gasteiger partial charge in [0, 0.05) is 18.8 Å². The van der Waals surface area contributed by atoms with Crippen molar-refractivity contribution in [1.82, 2.24) is 0 Å². The van der Waals surface area contributed by atoms with Crippen LogP contribution in [-0.2, 0) is 4.74 Å². The summed E-state index contributed by atoms with van der Waals surface area (Å²) in [6.07, 6.45) is 0. The Balaban J connectivity index is 2.12. The van der Waals surface area contributed by atoms with Gasteiger partial charge in [0.25, 0.3) is 0 Å². The van der Waals surface area contributed by atoms with E-state index in [1.54, 1.807) is 0 Å². The first-order valence-corrected chi connectivity index (χ1v) is 5.20. The first-order valence-electron chi connectivity index (χ1n) is 5.20. The Morgan fingerprint density at radius 2 is 1.56 bits per heavy atom. The number of morpholine rings is 1. The molecule has 0 atom stereocenters. The number of rotatable bonds is 2. The van der Waals surface area contributed by atoms with E-state index in [0.29, 0.717) is 13.2 Å². The molecule has 1 aliphatic heterocycles. The van der Waals surface area contributed by atoms with Crippen LogP contribution in [0.5, 0.6) is 0 Å². The van der Waals surface area contributed by atoms with Gasteiger partial charge in [0.2, 0.25) is 0 Å². The van der Waals surface area contributed by atoms with Crippen molar-refractivity contribution in [3.63, 3.8) is 0 Å². The first-order chi connectivity index (χ1) is 7.57. The molecule has 0 aromatic heterocycles. The lowest BCUT2D eigenvalue weighted by Gasteiger charge is -2.29. The van der Waals surface area contributed by atoms with E-state index in [-0.39, 0.29) is 0 Å². The third-order valence-corrected chi connectivity index (χ3v) is 2.65. The Labute approximate surface area is 92.1 Å². The molecule has 0 unspecified atom stereocenters. The Morgan fingerprint density at radius 3 is 2.06 bits per heavy atom. The Kier molecular flexibility index (Phi) is 3.09. The maximum absolute atomic E-state index is 12.4. The van der Waals surface area contributed by atoms with Gasteiger partial charge in [0.1, 0.15) is 0 Å². The summed E-state index contributed by atoms with van der Waals surface area (Å²) in [4.78, 5) is 2.02. The summed E-state index contributed by atoms with van der Waals surface area (Å²) in [6, 6.07) is 5.33. The van der Waals surface area contributed by atoms with Crippen molar-refractivity contribution in [2.45, 2.75) is 0 Å². The summed E-state index contributed by atoms with van der Waals surface area (Å²) in [5.74, 6) is 0. The second kappa shape index (κ2) is 4.37. The van der Waals surface area contributed by atoms with Gasteiger partial charge in [-0.2, -0.15) is 0 Å². The molecule has 1 aliphatic rings. The van der Waals surface area contributed by atoms with Gasteiger partial charge in [-0.3, -0.25) is 0 Å². The molecule has 88 valence electrons. The van der Waals surface area contributed by atoms with Crippen LogP contribution in [0.1, 0.15) is 0 Å². The van der Waals surface area contributed by atoms with E-state index in [1.165, 1.54) is 12.1 Å². The van der Waals surface area contributed by atoms with Gasteiger partial charge in [-0.15, -0.1) is 5.46 Å². The fourth-order valence-corrected chi connectivity index (χ4v) is 1.72. The number of anilines is 1. The molecular formula is C10H12BF3NO-. The molecule has 2 rings (SSSR count). The molecule has 1 saturated heterocycles. The van der Waals surface area contributed by atoms with E-state index < -0.39 is 12.4 Å². The number of hydrogen-bond donors (Lipinski definition) is 0. The van der Waals surface area contributed by atoms with E-state index in [9.17, 15) is 12.9 Å². The topological polar surface area (TPSA) is 12.5 Å². The average molecular weight is 230 g/mol. The second-order valence-electron chi connectivity index (χ2n) is 3.77. The highest BCUT2D eigenvalue weighted by molar-refractivity contribution is 6.73. The molecule has 16 heavy (non-hydrogen) atoms. The van der Waals surface area contributed by atoms with Gasteiger partial charge in [-0.05, 0) is 12.1 Å². The third-order valence-electron chi connectivity index (χ3n) is 2.65. The maximum Gasteiger partial charge on any atom is 0.509 e. The average Bonchev–Trinajstić information content (AvgIpc) is 2.29. The van der Waals surface area contributed by atoms with Crippen LogP contribution >= 0.6 is 0 Å². The van der Waals surface area contributed by atoms with Gasteiger partial charge in [0.05, 0.1) is 13.2 Å². The molecule has 1 fully saturated rings. The fourth-order valence-electron chi connectivity index (χ4n) is 1.72.